The number of unbranched alkanes of at least 4 members (excludes halogenated alkanes) is 3. The standard InChI is InChI=1S/C24H31N3/c1-3-4-5-9-12-22(25)24-26-23(21-15-13-19(2)14-16-21)18-27(24)17-20-10-7-6-8-11-20/h6-8,10-11,13-16,18,22H,3-5,9,12,17,25H2,1-2H3. The molecule has 2 N–H and O–H groups in total. The highest BCUT2D eigenvalue weighted by atomic mass is 15.1. The normalized spacial score (nSPS) is 12.3. The molecule has 142 valence electrons. The second-order valence-electron chi connectivity index (χ2n) is 7.42. The van der Waals surface area contributed by atoms with Gasteiger partial charge in [0.25, 0.3) is 0 Å². The highest BCUT2D eigenvalue weighted by Crippen LogP contribution is 2.25. The quantitative estimate of drug-likeness (QED) is 0.484. The molecule has 0 saturated carbocycles. The van der Waals surface area contributed by atoms with Crippen LogP contribution in [-0.4, -0.2) is 9.55 Å². The lowest BCUT2D eigenvalue weighted by molar-refractivity contribution is 0.527. The molecule has 1 aromatic heterocycles. The Morgan fingerprint density at radius 2 is 1.70 bits per heavy atom. The van der Waals surface area contributed by atoms with E-state index in [0.717, 1.165) is 36.5 Å². The third kappa shape index (κ3) is 5.30. The lowest BCUT2D eigenvalue weighted by Gasteiger charge is -2.14. The van der Waals surface area contributed by atoms with E-state index in [2.05, 4.69) is 79.2 Å². The van der Waals surface area contributed by atoms with Crippen molar-refractivity contribution in [1.82, 2.24) is 9.55 Å². The van der Waals surface area contributed by atoms with Crippen molar-refractivity contribution in [3.8, 4) is 11.3 Å². The van der Waals surface area contributed by atoms with Crippen molar-refractivity contribution >= 4 is 0 Å². The molecule has 0 fully saturated rings. The monoisotopic (exact) mass is 361 g/mol. The Morgan fingerprint density at radius 3 is 2.41 bits per heavy atom. The molecule has 1 heterocycles. The Hall–Kier alpha value is -2.39. The molecule has 0 saturated heterocycles. The number of hydrogen-bond acceptors (Lipinski definition) is 2. The molecule has 1 unspecified atom stereocenters. The summed E-state index contributed by atoms with van der Waals surface area (Å²) < 4.78 is 2.23. The van der Waals surface area contributed by atoms with Crippen molar-refractivity contribution in [1.29, 1.82) is 0 Å². The molecule has 3 nitrogen and oxygen atoms in total. The zero-order chi connectivity index (χ0) is 19.1. The number of imidazole rings is 1. The summed E-state index contributed by atoms with van der Waals surface area (Å²) in [5.41, 5.74) is 11.2. The third-order valence-electron chi connectivity index (χ3n) is 5.05. The number of nitrogens with two attached hydrogens (primary N) is 1. The molecule has 0 aliphatic carbocycles. The van der Waals surface area contributed by atoms with E-state index in [1.165, 1.54) is 30.4 Å². The van der Waals surface area contributed by atoms with Gasteiger partial charge >= 0.3 is 0 Å². The largest absolute Gasteiger partial charge is 0.329 e. The molecule has 0 bridgehead atoms. The second kappa shape index (κ2) is 9.52. The van der Waals surface area contributed by atoms with E-state index in [4.69, 9.17) is 10.7 Å². The molecule has 0 aliphatic heterocycles. The second-order valence-corrected chi connectivity index (χ2v) is 7.42. The minimum absolute atomic E-state index is 0.0234. The zero-order valence-electron chi connectivity index (χ0n) is 16.6. The van der Waals surface area contributed by atoms with Gasteiger partial charge in [-0.05, 0) is 18.9 Å². The topological polar surface area (TPSA) is 43.8 Å². The summed E-state index contributed by atoms with van der Waals surface area (Å²) in [5, 5.41) is 0. The van der Waals surface area contributed by atoms with Crippen molar-refractivity contribution < 1.29 is 0 Å². The number of nitrogens with zero attached hydrogens (tertiary/aromatic N) is 2. The maximum absolute atomic E-state index is 6.56. The average Bonchev–Trinajstić information content (AvgIpc) is 3.10. The van der Waals surface area contributed by atoms with Crippen LogP contribution in [0.1, 0.15) is 62.0 Å². The SMILES string of the molecule is CCCCCCC(N)c1nc(-c2ccc(C)cc2)cn1Cc1ccccc1. The molecule has 0 spiro atoms. The summed E-state index contributed by atoms with van der Waals surface area (Å²) in [4.78, 5) is 4.94. The van der Waals surface area contributed by atoms with Crippen LogP contribution in [0.5, 0.6) is 0 Å². The van der Waals surface area contributed by atoms with Gasteiger partial charge in [0.1, 0.15) is 5.82 Å². The molecular formula is C24H31N3. The van der Waals surface area contributed by atoms with Gasteiger partial charge in [0, 0.05) is 18.3 Å². The van der Waals surface area contributed by atoms with Gasteiger partial charge in [-0.1, -0.05) is 92.8 Å². The lowest BCUT2D eigenvalue weighted by Crippen LogP contribution is -2.17. The van der Waals surface area contributed by atoms with Crippen LogP contribution in [0, 0.1) is 6.92 Å². The summed E-state index contributed by atoms with van der Waals surface area (Å²) >= 11 is 0. The number of rotatable bonds is 9. The van der Waals surface area contributed by atoms with Crippen LogP contribution < -0.4 is 5.73 Å². The van der Waals surface area contributed by atoms with E-state index in [9.17, 15) is 0 Å². The van der Waals surface area contributed by atoms with E-state index in [0.29, 0.717) is 0 Å². The van der Waals surface area contributed by atoms with Gasteiger partial charge in [-0.2, -0.15) is 0 Å². The maximum atomic E-state index is 6.56. The van der Waals surface area contributed by atoms with Crippen LogP contribution in [0.2, 0.25) is 0 Å². The van der Waals surface area contributed by atoms with Crippen molar-refractivity contribution in [2.75, 3.05) is 0 Å². The molecule has 0 amide bonds. The highest BCUT2D eigenvalue weighted by molar-refractivity contribution is 5.59. The molecule has 0 aliphatic rings. The van der Waals surface area contributed by atoms with E-state index >= 15 is 0 Å². The fourth-order valence-corrected chi connectivity index (χ4v) is 3.42. The maximum Gasteiger partial charge on any atom is 0.126 e. The Labute approximate surface area is 163 Å². The first-order valence-corrected chi connectivity index (χ1v) is 10.1. The first kappa shape index (κ1) is 19.4. The van der Waals surface area contributed by atoms with Gasteiger partial charge in [0.15, 0.2) is 0 Å². The average molecular weight is 362 g/mol. The smallest absolute Gasteiger partial charge is 0.126 e. The fraction of sp³-hybridized carbons (Fsp3) is 0.375. The van der Waals surface area contributed by atoms with Crippen LogP contribution >= 0.6 is 0 Å². The lowest BCUT2D eigenvalue weighted by atomic mass is 10.1. The van der Waals surface area contributed by atoms with Crippen molar-refractivity contribution in [2.45, 2.75) is 58.5 Å². The molecule has 3 rings (SSSR count). The van der Waals surface area contributed by atoms with Crippen molar-refractivity contribution in [2.24, 2.45) is 5.73 Å². The fourth-order valence-electron chi connectivity index (χ4n) is 3.42. The Bertz CT molecular complexity index is 819. The first-order chi connectivity index (χ1) is 13.2. The Kier molecular flexibility index (Phi) is 6.83. The minimum atomic E-state index is -0.0234. The van der Waals surface area contributed by atoms with Gasteiger partial charge in [-0.25, -0.2) is 4.98 Å². The van der Waals surface area contributed by atoms with Crippen molar-refractivity contribution in [3.05, 3.63) is 77.7 Å². The minimum Gasteiger partial charge on any atom is -0.329 e. The van der Waals surface area contributed by atoms with Crippen LogP contribution in [0.25, 0.3) is 11.3 Å². The van der Waals surface area contributed by atoms with Crippen LogP contribution in [0.4, 0.5) is 0 Å². The van der Waals surface area contributed by atoms with Crippen LogP contribution in [-0.2, 0) is 6.54 Å². The van der Waals surface area contributed by atoms with E-state index in [-0.39, 0.29) is 6.04 Å². The first-order valence-electron chi connectivity index (χ1n) is 10.1. The Morgan fingerprint density at radius 1 is 0.963 bits per heavy atom. The summed E-state index contributed by atoms with van der Waals surface area (Å²) in [6.45, 7) is 5.15. The number of hydrogen-bond donors (Lipinski definition) is 1. The molecule has 3 heteroatoms. The molecule has 2 aromatic carbocycles. The summed E-state index contributed by atoms with van der Waals surface area (Å²) in [6, 6.07) is 19.0. The third-order valence-corrected chi connectivity index (χ3v) is 5.05. The molecule has 3 aromatic rings. The Balaban J connectivity index is 1.85. The summed E-state index contributed by atoms with van der Waals surface area (Å²) in [6.07, 6.45) is 8.06. The predicted octanol–water partition coefficient (Wildman–Crippen LogP) is 5.88. The van der Waals surface area contributed by atoms with Gasteiger partial charge in [-0.3, -0.25) is 0 Å². The van der Waals surface area contributed by atoms with Crippen molar-refractivity contribution in [3.63, 3.8) is 0 Å². The number of aryl methyl sites for hydroxylation is 1. The number of benzene rings is 2. The molecule has 1 atom stereocenters. The van der Waals surface area contributed by atoms with Gasteiger partial charge in [-0.15, -0.1) is 0 Å². The van der Waals surface area contributed by atoms with Gasteiger partial charge < -0.3 is 10.3 Å². The highest BCUT2D eigenvalue weighted by Gasteiger charge is 2.16. The predicted molar refractivity (Wildman–Crippen MR) is 114 cm³/mol. The summed E-state index contributed by atoms with van der Waals surface area (Å²) in [5.74, 6) is 0.992. The molecule has 27 heavy (non-hydrogen) atoms. The van der Waals surface area contributed by atoms with Gasteiger partial charge in [0.05, 0.1) is 11.7 Å². The van der Waals surface area contributed by atoms with Crippen LogP contribution in [0.3, 0.4) is 0 Å². The number of aromatic nitrogens is 2. The van der Waals surface area contributed by atoms with Crippen LogP contribution in [0.15, 0.2) is 60.8 Å². The van der Waals surface area contributed by atoms with E-state index < -0.39 is 0 Å². The van der Waals surface area contributed by atoms with E-state index in [1.807, 2.05) is 0 Å². The molecule has 0 radical (unpaired) electrons. The van der Waals surface area contributed by atoms with Gasteiger partial charge in [0.2, 0.25) is 0 Å². The zero-order valence-corrected chi connectivity index (χ0v) is 16.6. The summed E-state index contributed by atoms with van der Waals surface area (Å²) in [7, 11) is 0. The molecular weight excluding hydrogens is 330 g/mol. The van der Waals surface area contributed by atoms with E-state index in [1.54, 1.807) is 0 Å².